The molecule has 2 unspecified atom stereocenters. The molecule has 6 nitrogen and oxygen atoms in total. The Balaban J connectivity index is 0. The summed E-state index contributed by atoms with van der Waals surface area (Å²) < 4.78 is 29.7. The molecule has 0 amide bonds. The smallest absolute Gasteiger partial charge is 0.376 e. The Morgan fingerprint density at radius 2 is 1.17 bits per heavy atom. The molecule has 0 aliphatic heterocycles. The van der Waals surface area contributed by atoms with Crippen LogP contribution in [0.3, 0.4) is 0 Å². The lowest BCUT2D eigenvalue weighted by Gasteiger charge is -2.29. The van der Waals surface area contributed by atoms with Crippen LogP contribution in [0.5, 0.6) is 0 Å². The molecule has 7 heteroatoms. The van der Waals surface area contributed by atoms with Gasteiger partial charge in [-0.1, -0.05) is 104 Å². The third kappa shape index (κ3) is 23.9. The van der Waals surface area contributed by atoms with Crippen molar-refractivity contribution in [3.05, 3.63) is 0 Å². The molecule has 0 saturated heterocycles. The van der Waals surface area contributed by atoms with Crippen molar-refractivity contribution in [3.63, 3.8) is 0 Å². The molecule has 29 heavy (non-hydrogen) atoms. The van der Waals surface area contributed by atoms with Gasteiger partial charge in [0.1, 0.15) is 5.72 Å². The van der Waals surface area contributed by atoms with Crippen molar-refractivity contribution in [1.29, 1.82) is 0 Å². The van der Waals surface area contributed by atoms with E-state index in [1.165, 1.54) is 89.9 Å². The molecule has 0 aromatic heterocycles. The summed E-state index contributed by atoms with van der Waals surface area (Å²) in [7, 11) is -1.46. The maximum atomic E-state index is 10.1. The van der Waals surface area contributed by atoms with Gasteiger partial charge in [-0.3, -0.25) is 14.1 Å². The van der Waals surface area contributed by atoms with Crippen molar-refractivity contribution in [2.45, 2.75) is 123 Å². The van der Waals surface area contributed by atoms with Crippen molar-refractivity contribution in [2.75, 3.05) is 14.2 Å². The Bertz CT molecular complexity index is 440. The molecule has 178 valence electrons. The number of nitrogens with one attached hydrogen (secondary N) is 1. The average molecular weight is 440 g/mol. The van der Waals surface area contributed by atoms with Gasteiger partial charge in [-0.05, 0) is 26.3 Å². The Morgan fingerprint density at radius 1 is 0.862 bits per heavy atom. The van der Waals surface area contributed by atoms with E-state index in [1.54, 1.807) is 0 Å². The summed E-state index contributed by atoms with van der Waals surface area (Å²) in [5, 5.41) is 13.1. The monoisotopic (exact) mass is 439 g/mol. The lowest BCUT2D eigenvalue weighted by atomic mass is 9.93. The first-order chi connectivity index (χ1) is 13.6. The molecule has 0 aromatic rings. The minimum atomic E-state index is -4.16. The Hall–Kier alpha value is -0.210. The highest BCUT2D eigenvalue weighted by Crippen LogP contribution is 2.20. The molecule has 0 radical (unpaired) electrons. The summed E-state index contributed by atoms with van der Waals surface area (Å²) in [6.45, 7) is 6.30. The summed E-state index contributed by atoms with van der Waals surface area (Å²) in [5.41, 5.74) is -0.712. The van der Waals surface area contributed by atoms with Crippen LogP contribution in [0.1, 0.15) is 117 Å². The van der Waals surface area contributed by atoms with E-state index in [0.29, 0.717) is 5.92 Å². The number of hydrogen-bond acceptors (Lipinski definition) is 5. The summed E-state index contributed by atoms with van der Waals surface area (Å²) in [6.07, 6.45) is 20.8. The second-order valence-electron chi connectivity index (χ2n) is 8.28. The fourth-order valence-corrected chi connectivity index (χ4v) is 3.17. The number of unbranched alkanes of at least 4 members (excludes halogenated alkanes) is 13. The molecule has 0 aliphatic rings. The van der Waals surface area contributed by atoms with Gasteiger partial charge in [0.2, 0.25) is 0 Å². The quantitative estimate of drug-likeness (QED) is 0.141. The Kier molecular flexibility index (Phi) is 21.1. The van der Waals surface area contributed by atoms with Gasteiger partial charge in [-0.2, -0.15) is 8.42 Å². The van der Waals surface area contributed by atoms with Crippen LogP contribution in [-0.2, 0) is 14.6 Å². The normalized spacial score (nSPS) is 14.7. The van der Waals surface area contributed by atoms with Gasteiger partial charge >= 0.3 is 10.4 Å². The van der Waals surface area contributed by atoms with Crippen LogP contribution in [0.4, 0.5) is 0 Å². The summed E-state index contributed by atoms with van der Waals surface area (Å²) in [4.78, 5) is 0. The first-order valence-corrected chi connectivity index (χ1v) is 12.9. The van der Waals surface area contributed by atoms with E-state index < -0.39 is 16.1 Å². The molecule has 0 saturated carbocycles. The van der Waals surface area contributed by atoms with E-state index in [9.17, 15) is 13.5 Å². The van der Waals surface area contributed by atoms with E-state index in [-0.39, 0.29) is 0 Å². The molecule has 2 atom stereocenters. The minimum Gasteiger partial charge on any atom is -0.376 e. The van der Waals surface area contributed by atoms with Crippen LogP contribution >= 0.6 is 0 Å². The highest BCUT2D eigenvalue weighted by Gasteiger charge is 2.25. The largest absolute Gasteiger partial charge is 0.397 e. The zero-order valence-electron chi connectivity index (χ0n) is 19.7. The number of rotatable bonds is 18. The predicted octanol–water partition coefficient (Wildman–Crippen LogP) is 5.86. The summed E-state index contributed by atoms with van der Waals surface area (Å²) in [6, 6.07) is 0. The molecule has 0 spiro atoms. The lowest BCUT2D eigenvalue weighted by molar-refractivity contribution is -0.0232. The van der Waals surface area contributed by atoms with Gasteiger partial charge in [-0.25, -0.2) is 0 Å². The number of hydrogen-bond donors (Lipinski definition) is 3. The zero-order chi connectivity index (χ0) is 22.6. The first-order valence-electron chi connectivity index (χ1n) is 11.5. The lowest BCUT2D eigenvalue weighted by Crippen LogP contribution is -2.45. The zero-order valence-corrected chi connectivity index (χ0v) is 20.5. The summed E-state index contributed by atoms with van der Waals surface area (Å²) >= 11 is 0. The fraction of sp³-hybridized carbons (Fsp3) is 1.00. The van der Waals surface area contributed by atoms with E-state index in [0.717, 1.165) is 13.5 Å². The molecular formula is C22H49NO5S. The standard InChI is InChI=1S/C21H45NO.CH4O4S/c1-5-6-7-8-9-10-11-12-13-14-15-16-17-18-19-20(2)21(3,23)22-4;1-5-6(2,3)4/h20,22-23H,5-19H2,1-4H3;1H3,(H,2,3,4). The fourth-order valence-electron chi connectivity index (χ4n) is 3.17. The number of aliphatic hydroxyl groups is 1. The van der Waals surface area contributed by atoms with Crippen LogP contribution in [0, 0.1) is 5.92 Å². The van der Waals surface area contributed by atoms with Crippen LogP contribution in [0.15, 0.2) is 0 Å². The van der Waals surface area contributed by atoms with Crippen molar-refractivity contribution in [3.8, 4) is 0 Å². The van der Waals surface area contributed by atoms with E-state index in [2.05, 4.69) is 23.3 Å². The maximum Gasteiger partial charge on any atom is 0.397 e. The van der Waals surface area contributed by atoms with Gasteiger partial charge < -0.3 is 5.11 Å². The van der Waals surface area contributed by atoms with Gasteiger partial charge in [0.25, 0.3) is 0 Å². The van der Waals surface area contributed by atoms with Gasteiger partial charge in [0.05, 0.1) is 7.11 Å². The predicted molar refractivity (Wildman–Crippen MR) is 122 cm³/mol. The van der Waals surface area contributed by atoms with Gasteiger partial charge in [0, 0.05) is 0 Å². The topological polar surface area (TPSA) is 95.9 Å². The molecule has 0 fully saturated rings. The molecule has 0 aromatic carbocycles. The molecule has 0 aliphatic carbocycles. The third-order valence-electron chi connectivity index (χ3n) is 5.67. The SMILES string of the molecule is CCCCCCCCCCCCCCCCC(C)C(C)(O)NC.COS(=O)(=O)O. The van der Waals surface area contributed by atoms with Crippen LogP contribution < -0.4 is 5.32 Å². The van der Waals surface area contributed by atoms with Crippen molar-refractivity contribution < 1.29 is 22.3 Å². The molecule has 0 heterocycles. The second kappa shape index (κ2) is 19.7. The van der Waals surface area contributed by atoms with Crippen LogP contribution in [-0.4, -0.2) is 38.0 Å². The maximum absolute atomic E-state index is 10.1. The van der Waals surface area contributed by atoms with Gasteiger partial charge in [-0.15, -0.1) is 0 Å². The van der Waals surface area contributed by atoms with E-state index >= 15 is 0 Å². The minimum absolute atomic E-state index is 0.324. The molecule has 3 N–H and O–H groups in total. The first kappa shape index (κ1) is 31.0. The van der Waals surface area contributed by atoms with Crippen molar-refractivity contribution >= 4 is 10.4 Å². The van der Waals surface area contributed by atoms with E-state index in [1.807, 2.05) is 14.0 Å². The van der Waals surface area contributed by atoms with Crippen molar-refractivity contribution in [1.82, 2.24) is 5.32 Å². The molecule has 0 bridgehead atoms. The highest BCUT2D eigenvalue weighted by atomic mass is 32.3. The van der Waals surface area contributed by atoms with Crippen LogP contribution in [0.2, 0.25) is 0 Å². The van der Waals surface area contributed by atoms with Crippen molar-refractivity contribution in [2.24, 2.45) is 5.92 Å². The summed E-state index contributed by atoms with van der Waals surface area (Å²) in [5.74, 6) is 0.324. The van der Waals surface area contributed by atoms with Gasteiger partial charge in [0.15, 0.2) is 0 Å². The second-order valence-corrected chi connectivity index (χ2v) is 9.47. The molecular weight excluding hydrogens is 390 g/mol. The Labute approximate surface area is 181 Å². The molecule has 0 rings (SSSR count). The highest BCUT2D eigenvalue weighted by molar-refractivity contribution is 7.80. The third-order valence-corrected chi connectivity index (χ3v) is 6.09. The van der Waals surface area contributed by atoms with E-state index in [4.69, 9.17) is 4.55 Å². The van der Waals surface area contributed by atoms with Crippen LogP contribution in [0.25, 0.3) is 0 Å². The average Bonchev–Trinajstić information content (AvgIpc) is 2.67. The Morgan fingerprint density at radius 3 is 1.45 bits per heavy atom.